The summed E-state index contributed by atoms with van der Waals surface area (Å²) in [7, 11) is -2.07. The number of ether oxygens (including phenoxy) is 1. The monoisotopic (exact) mass is 316 g/mol. The van der Waals surface area contributed by atoms with Gasteiger partial charge in [0.15, 0.2) is 0 Å². The van der Waals surface area contributed by atoms with Crippen molar-refractivity contribution in [2.24, 2.45) is 0 Å². The second-order valence-electron chi connectivity index (χ2n) is 4.62. The van der Waals surface area contributed by atoms with Crippen LogP contribution in [0.3, 0.4) is 0 Å². The smallest absolute Gasteiger partial charge is 0.242 e. The Kier molecular flexibility index (Phi) is 5.15. The van der Waals surface area contributed by atoms with Crippen LogP contribution in [0, 0.1) is 11.3 Å². The highest BCUT2D eigenvalue weighted by atomic mass is 32.2. The number of hydrogen-bond donors (Lipinski definition) is 0. The van der Waals surface area contributed by atoms with E-state index in [0.29, 0.717) is 11.3 Å². The maximum absolute atomic E-state index is 12.4. The normalized spacial score (nSPS) is 11.1. The number of likely N-dealkylation sites (N-methyl/N-ethyl adjacent to an activating group) is 1. The third-order valence-corrected chi connectivity index (χ3v) is 4.98. The van der Waals surface area contributed by atoms with Crippen molar-refractivity contribution in [2.45, 2.75) is 4.90 Å². The van der Waals surface area contributed by atoms with E-state index in [-0.39, 0.29) is 18.0 Å². The standard InChI is InChI=1S/C16H16N2O3S/c1-18(11-12-21-15-5-3-2-4-6-15)22(19,20)16-9-7-14(13-17)8-10-16/h2-10H,11-12H2,1H3. The molecule has 5 nitrogen and oxygen atoms in total. The van der Waals surface area contributed by atoms with Crippen molar-refractivity contribution in [1.82, 2.24) is 4.31 Å². The average molecular weight is 316 g/mol. The molecule has 0 atom stereocenters. The van der Waals surface area contributed by atoms with E-state index in [9.17, 15) is 8.42 Å². The number of sulfonamides is 1. The van der Waals surface area contributed by atoms with Gasteiger partial charge in [-0.1, -0.05) is 18.2 Å². The summed E-state index contributed by atoms with van der Waals surface area (Å²) in [5.74, 6) is 0.701. The van der Waals surface area contributed by atoms with Crippen LogP contribution >= 0.6 is 0 Å². The molecule has 2 rings (SSSR count). The predicted molar refractivity (Wildman–Crippen MR) is 82.9 cm³/mol. The molecule has 0 aliphatic heterocycles. The van der Waals surface area contributed by atoms with Gasteiger partial charge in [-0.2, -0.15) is 9.57 Å². The van der Waals surface area contributed by atoms with Crippen molar-refractivity contribution in [2.75, 3.05) is 20.2 Å². The lowest BCUT2D eigenvalue weighted by Gasteiger charge is -2.17. The highest BCUT2D eigenvalue weighted by molar-refractivity contribution is 7.89. The van der Waals surface area contributed by atoms with E-state index < -0.39 is 10.0 Å². The Morgan fingerprint density at radius 2 is 1.73 bits per heavy atom. The molecule has 0 amide bonds. The minimum absolute atomic E-state index is 0.161. The van der Waals surface area contributed by atoms with E-state index in [4.69, 9.17) is 10.00 Å². The van der Waals surface area contributed by atoms with E-state index >= 15 is 0 Å². The fourth-order valence-electron chi connectivity index (χ4n) is 1.81. The van der Waals surface area contributed by atoms with E-state index in [1.165, 1.54) is 35.6 Å². The Morgan fingerprint density at radius 3 is 2.32 bits per heavy atom. The molecule has 0 saturated heterocycles. The van der Waals surface area contributed by atoms with Crippen LogP contribution in [0.25, 0.3) is 0 Å². The molecule has 6 heteroatoms. The van der Waals surface area contributed by atoms with Crippen molar-refractivity contribution in [3.63, 3.8) is 0 Å². The first kappa shape index (κ1) is 16.0. The van der Waals surface area contributed by atoms with Crippen molar-refractivity contribution in [3.8, 4) is 11.8 Å². The molecule has 0 fully saturated rings. The number of hydrogen-bond acceptors (Lipinski definition) is 4. The molecule has 0 aromatic heterocycles. The van der Waals surface area contributed by atoms with Gasteiger partial charge in [0.05, 0.1) is 16.5 Å². The molecular formula is C16H16N2O3S. The summed E-state index contributed by atoms with van der Waals surface area (Å²) >= 11 is 0. The van der Waals surface area contributed by atoms with Crippen LogP contribution in [0.4, 0.5) is 0 Å². The molecule has 114 valence electrons. The Labute approximate surface area is 130 Å². The number of rotatable bonds is 6. The topological polar surface area (TPSA) is 70.4 Å². The molecular weight excluding hydrogens is 300 g/mol. The highest BCUT2D eigenvalue weighted by Gasteiger charge is 2.20. The van der Waals surface area contributed by atoms with Crippen molar-refractivity contribution in [3.05, 3.63) is 60.2 Å². The Bertz CT molecular complexity index is 750. The molecule has 2 aromatic rings. The largest absolute Gasteiger partial charge is 0.492 e. The summed E-state index contributed by atoms with van der Waals surface area (Å²) in [5, 5.41) is 8.74. The Morgan fingerprint density at radius 1 is 1.09 bits per heavy atom. The zero-order valence-corrected chi connectivity index (χ0v) is 13.0. The second-order valence-corrected chi connectivity index (χ2v) is 6.67. The lowest BCUT2D eigenvalue weighted by atomic mass is 10.2. The van der Waals surface area contributed by atoms with Crippen molar-refractivity contribution >= 4 is 10.0 Å². The number of nitrogens with zero attached hydrogens (tertiary/aromatic N) is 2. The SMILES string of the molecule is CN(CCOc1ccccc1)S(=O)(=O)c1ccc(C#N)cc1. The third kappa shape index (κ3) is 3.85. The first-order valence-electron chi connectivity index (χ1n) is 6.68. The number of nitriles is 1. The molecule has 22 heavy (non-hydrogen) atoms. The van der Waals surface area contributed by atoms with E-state index in [2.05, 4.69) is 0 Å². The molecule has 0 saturated carbocycles. The van der Waals surface area contributed by atoms with Crippen LogP contribution in [0.2, 0.25) is 0 Å². The minimum Gasteiger partial charge on any atom is -0.492 e. The van der Waals surface area contributed by atoms with Crippen molar-refractivity contribution < 1.29 is 13.2 Å². The lowest BCUT2D eigenvalue weighted by Crippen LogP contribution is -2.31. The van der Waals surface area contributed by atoms with Crippen LogP contribution in [0.5, 0.6) is 5.75 Å². The Balaban J connectivity index is 1.98. The first-order valence-corrected chi connectivity index (χ1v) is 8.12. The van der Waals surface area contributed by atoms with Crippen LogP contribution in [-0.4, -0.2) is 32.9 Å². The second kappa shape index (κ2) is 7.07. The molecule has 0 aliphatic rings. The van der Waals surface area contributed by atoms with E-state index in [1.807, 2.05) is 36.4 Å². The summed E-state index contributed by atoms with van der Waals surface area (Å²) in [4.78, 5) is 0.161. The summed E-state index contributed by atoms with van der Waals surface area (Å²) in [6.07, 6.45) is 0. The minimum atomic E-state index is -3.57. The van der Waals surface area contributed by atoms with E-state index in [1.54, 1.807) is 0 Å². The third-order valence-electron chi connectivity index (χ3n) is 3.11. The molecule has 2 aromatic carbocycles. The quantitative estimate of drug-likeness (QED) is 0.819. The fraction of sp³-hybridized carbons (Fsp3) is 0.188. The molecule has 0 heterocycles. The maximum atomic E-state index is 12.4. The predicted octanol–water partition coefficient (Wildman–Crippen LogP) is 2.26. The van der Waals surface area contributed by atoms with Crippen LogP contribution in [-0.2, 0) is 10.0 Å². The molecule has 0 spiro atoms. The summed E-state index contributed by atoms with van der Waals surface area (Å²) in [6, 6.07) is 17.0. The van der Waals surface area contributed by atoms with Crippen molar-refractivity contribution in [1.29, 1.82) is 5.26 Å². The van der Waals surface area contributed by atoms with Crippen LogP contribution in [0.1, 0.15) is 5.56 Å². The molecule has 0 bridgehead atoms. The van der Waals surface area contributed by atoms with Gasteiger partial charge in [-0.05, 0) is 36.4 Å². The van der Waals surface area contributed by atoms with Gasteiger partial charge in [0, 0.05) is 13.6 Å². The van der Waals surface area contributed by atoms with Gasteiger partial charge in [-0.3, -0.25) is 0 Å². The molecule has 0 radical (unpaired) electrons. The van der Waals surface area contributed by atoms with Gasteiger partial charge in [0.1, 0.15) is 12.4 Å². The summed E-state index contributed by atoms with van der Waals surface area (Å²) in [6.45, 7) is 0.493. The summed E-state index contributed by atoms with van der Waals surface area (Å²) < 4.78 is 31.5. The average Bonchev–Trinajstić information content (AvgIpc) is 2.55. The van der Waals surface area contributed by atoms with E-state index in [0.717, 1.165) is 0 Å². The van der Waals surface area contributed by atoms with Gasteiger partial charge in [0.25, 0.3) is 0 Å². The maximum Gasteiger partial charge on any atom is 0.242 e. The summed E-state index contributed by atoms with van der Waals surface area (Å²) in [5.41, 5.74) is 0.425. The molecule has 0 N–H and O–H groups in total. The van der Waals surface area contributed by atoms with Gasteiger partial charge in [-0.15, -0.1) is 0 Å². The molecule has 0 aliphatic carbocycles. The number of para-hydroxylation sites is 1. The van der Waals surface area contributed by atoms with Gasteiger partial charge < -0.3 is 4.74 Å². The van der Waals surface area contributed by atoms with Gasteiger partial charge in [-0.25, -0.2) is 8.42 Å². The highest BCUT2D eigenvalue weighted by Crippen LogP contribution is 2.15. The zero-order valence-electron chi connectivity index (χ0n) is 12.1. The van der Waals surface area contributed by atoms with Gasteiger partial charge >= 0.3 is 0 Å². The zero-order chi connectivity index (χ0) is 16.0. The molecule has 0 unspecified atom stereocenters. The van der Waals surface area contributed by atoms with Crippen LogP contribution in [0.15, 0.2) is 59.5 Å². The van der Waals surface area contributed by atoms with Crippen LogP contribution < -0.4 is 4.74 Å². The number of benzene rings is 2. The van der Waals surface area contributed by atoms with Gasteiger partial charge in [0.2, 0.25) is 10.0 Å². The fourth-order valence-corrected chi connectivity index (χ4v) is 2.97. The Hall–Kier alpha value is -2.36. The lowest BCUT2D eigenvalue weighted by molar-refractivity contribution is 0.287. The first-order chi connectivity index (χ1) is 10.5.